The Morgan fingerprint density at radius 1 is 1.17 bits per heavy atom. The number of fused-ring (bicyclic) bond motifs is 1. The second-order valence-electron chi connectivity index (χ2n) is 6.27. The Bertz CT molecular complexity index is 801. The highest BCUT2D eigenvalue weighted by Crippen LogP contribution is 2.34. The molecule has 1 saturated heterocycles. The first-order chi connectivity index (χ1) is 11.0. The maximum Gasteiger partial charge on any atom is 0.255 e. The Morgan fingerprint density at radius 3 is 2.70 bits per heavy atom. The van der Waals surface area contributed by atoms with Crippen molar-refractivity contribution >= 4 is 11.7 Å². The SMILES string of the molecule is Cc1cnc(N2CC(F)C2)c(-c2cnc3c(c2)C(=O)N(C)C3)c1. The number of halogens is 1. The predicted octanol–water partition coefficient (Wildman–Crippen LogP) is 2.20. The molecule has 23 heavy (non-hydrogen) atoms. The van der Waals surface area contributed by atoms with Crippen LogP contribution in [0.2, 0.25) is 0 Å². The molecule has 2 aliphatic rings. The Kier molecular flexibility index (Phi) is 3.07. The van der Waals surface area contributed by atoms with E-state index < -0.39 is 6.17 Å². The standard InChI is InChI=1S/C17H17FN4O/c1-10-3-13(16(20-5-10)22-7-12(18)8-22)11-4-14-15(19-6-11)9-21(2)17(14)23/h3-6,12H,7-9H2,1-2H3. The number of anilines is 1. The molecule has 0 spiro atoms. The van der Waals surface area contributed by atoms with E-state index >= 15 is 0 Å². The van der Waals surface area contributed by atoms with Gasteiger partial charge in [-0.25, -0.2) is 9.37 Å². The van der Waals surface area contributed by atoms with Crippen LogP contribution in [0.4, 0.5) is 10.2 Å². The lowest BCUT2D eigenvalue weighted by atomic mass is 10.0. The summed E-state index contributed by atoms with van der Waals surface area (Å²) in [6.07, 6.45) is 2.77. The molecule has 0 atom stereocenters. The number of nitrogens with zero attached hydrogens (tertiary/aromatic N) is 4. The van der Waals surface area contributed by atoms with E-state index in [0.717, 1.165) is 28.2 Å². The van der Waals surface area contributed by atoms with E-state index in [0.29, 0.717) is 25.2 Å². The molecule has 0 saturated carbocycles. The smallest absolute Gasteiger partial charge is 0.255 e. The van der Waals surface area contributed by atoms with Crippen LogP contribution in [0.15, 0.2) is 24.5 Å². The fraction of sp³-hybridized carbons (Fsp3) is 0.353. The van der Waals surface area contributed by atoms with Crippen molar-refractivity contribution in [2.24, 2.45) is 0 Å². The molecule has 0 aliphatic carbocycles. The number of aryl methyl sites for hydroxylation is 1. The molecule has 0 N–H and O–H groups in total. The quantitative estimate of drug-likeness (QED) is 0.853. The van der Waals surface area contributed by atoms with E-state index in [1.165, 1.54) is 0 Å². The van der Waals surface area contributed by atoms with Crippen molar-refractivity contribution in [3.63, 3.8) is 0 Å². The van der Waals surface area contributed by atoms with Gasteiger partial charge in [-0.2, -0.15) is 0 Å². The topological polar surface area (TPSA) is 49.3 Å². The van der Waals surface area contributed by atoms with Crippen molar-refractivity contribution in [1.29, 1.82) is 0 Å². The summed E-state index contributed by atoms with van der Waals surface area (Å²) in [4.78, 5) is 24.7. The van der Waals surface area contributed by atoms with Gasteiger partial charge < -0.3 is 9.80 Å². The summed E-state index contributed by atoms with van der Waals surface area (Å²) in [6.45, 7) is 3.24. The van der Waals surface area contributed by atoms with Gasteiger partial charge in [0.2, 0.25) is 0 Å². The third-order valence-electron chi connectivity index (χ3n) is 4.39. The fourth-order valence-corrected chi connectivity index (χ4v) is 3.08. The molecule has 2 aliphatic heterocycles. The lowest BCUT2D eigenvalue weighted by Gasteiger charge is -2.36. The van der Waals surface area contributed by atoms with E-state index in [-0.39, 0.29) is 5.91 Å². The van der Waals surface area contributed by atoms with Gasteiger partial charge in [-0.3, -0.25) is 9.78 Å². The molecule has 6 heteroatoms. The van der Waals surface area contributed by atoms with E-state index in [4.69, 9.17) is 0 Å². The number of hydrogen-bond acceptors (Lipinski definition) is 4. The minimum atomic E-state index is -0.792. The van der Waals surface area contributed by atoms with Crippen LogP contribution >= 0.6 is 0 Å². The summed E-state index contributed by atoms with van der Waals surface area (Å²) in [5.74, 6) is 0.745. The predicted molar refractivity (Wildman–Crippen MR) is 85.1 cm³/mol. The highest BCUT2D eigenvalue weighted by molar-refractivity contribution is 5.99. The molecule has 2 aromatic heterocycles. The van der Waals surface area contributed by atoms with E-state index in [9.17, 15) is 9.18 Å². The molecule has 0 aromatic carbocycles. The van der Waals surface area contributed by atoms with Crippen molar-refractivity contribution in [3.8, 4) is 11.1 Å². The van der Waals surface area contributed by atoms with Gasteiger partial charge in [0.25, 0.3) is 5.91 Å². The largest absolute Gasteiger partial charge is 0.350 e. The summed E-state index contributed by atoms with van der Waals surface area (Å²) in [5.41, 5.74) is 4.21. The molecule has 1 fully saturated rings. The number of hydrogen-bond donors (Lipinski definition) is 0. The first-order valence-electron chi connectivity index (χ1n) is 7.63. The molecule has 0 bridgehead atoms. The van der Waals surface area contributed by atoms with Crippen molar-refractivity contribution < 1.29 is 9.18 Å². The van der Waals surface area contributed by atoms with Crippen molar-refractivity contribution in [2.45, 2.75) is 19.6 Å². The zero-order valence-electron chi connectivity index (χ0n) is 13.1. The van der Waals surface area contributed by atoms with Gasteiger partial charge in [0.15, 0.2) is 0 Å². The van der Waals surface area contributed by atoms with Crippen LogP contribution in [-0.4, -0.2) is 47.1 Å². The first kappa shape index (κ1) is 14.1. The Hall–Kier alpha value is -2.50. The molecular weight excluding hydrogens is 295 g/mol. The zero-order valence-corrected chi connectivity index (χ0v) is 13.1. The number of aromatic nitrogens is 2. The molecule has 0 unspecified atom stereocenters. The van der Waals surface area contributed by atoms with Crippen LogP contribution in [0.5, 0.6) is 0 Å². The lowest BCUT2D eigenvalue weighted by Crippen LogP contribution is -2.49. The van der Waals surface area contributed by atoms with E-state index in [2.05, 4.69) is 9.97 Å². The summed E-state index contributed by atoms with van der Waals surface area (Å²) < 4.78 is 13.2. The number of amides is 1. The second kappa shape index (κ2) is 5.01. The summed E-state index contributed by atoms with van der Waals surface area (Å²) in [6, 6.07) is 3.89. The Balaban J connectivity index is 1.79. The molecule has 4 rings (SSSR count). The number of pyridine rings is 2. The highest BCUT2D eigenvalue weighted by atomic mass is 19.1. The average Bonchev–Trinajstić information content (AvgIpc) is 2.79. The molecule has 0 radical (unpaired) electrons. The zero-order chi connectivity index (χ0) is 16.1. The molecule has 4 heterocycles. The van der Waals surface area contributed by atoms with Gasteiger partial charge >= 0.3 is 0 Å². The summed E-state index contributed by atoms with van der Waals surface area (Å²) in [5, 5.41) is 0. The van der Waals surface area contributed by atoms with Gasteiger partial charge in [0, 0.05) is 30.6 Å². The van der Waals surface area contributed by atoms with Gasteiger partial charge in [-0.15, -0.1) is 0 Å². The highest BCUT2D eigenvalue weighted by Gasteiger charge is 2.30. The van der Waals surface area contributed by atoms with Crippen LogP contribution in [0.1, 0.15) is 21.6 Å². The monoisotopic (exact) mass is 312 g/mol. The number of carbonyl (C=O) groups excluding carboxylic acids is 1. The maximum absolute atomic E-state index is 13.2. The average molecular weight is 312 g/mol. The van der Waals surface area contributed by atoms with Crippen LogP contribution in [0.25, 0.3) is 11.1 Å². The van der Waals surface area contributed by atoms with Gasteiger partial charge in [-0.1, -0.05) is 0 Å². The van der Waals surface area contributed by atoms with Crippen molar-refractivity contribution in [2.75, 3.05) is 25.0 Å². The van der Waals surface area contributed by atoms with E-state index in [1.807, 2.05) is 24.0 Å². The minimum Gasteiger partial charge on any atom is -0.350 e. The Labute approximate surface area is 133 Å². The molecule has 1 amide bonds. The number of rotatable bonds is 2. The third-order valence-corrected chi connectivity index (χ3v) is 4.39. The number of carbonyl (C=O) groups is 1. The maximum atomic E-state index is 13.2. The molecule has 5 nitrogen and oxygen atoms in total. The summed E-state index contributed by atoms with van der Waals surface area (Å²) >= 11 is 0. The van der Waals surface area contributed by atoms with Gasteiger partial charge in [0.05, 0.1) is 30.9 Å². The normalized spacial score (nSPS) is 17.4. The summed E-state index contributed by atoms with van der Waals surface area (Å²) in [7, 11) is 1.77. The third kappa shape index (κ3) is 2.25. The molecular formula is C17H17FN4O. The van der Waals surface area contributed by atoms with Gasteiger partial charge in [0.1, 0.15) is 12.0 Å². The Morgan fingerprint density at radius 2 is 1.96 bits per heavy atom. The van der Waals surface area contributed by atoms with E-state index in [1.54, 1.807) is 24.3 Å². The molecule has 118 valence electrons. The molecule has 2 aromatic rings. The van der Waals surface area contributed by atoms with Crippen molar-refractivity contribution in [1.82, 2.24) is 14.9 Å². The lowest BCUT2D eigenvalue weighted by molar-refractivity contribution is 0.0816. The van der Waals surface area contributed by atoms with Gasteiger partial charge in [-0.05, 0) is 24.6 Å². The first-order valence-corrected chi connectivity index (χ1v) is 7.63. The van der Waals surface area contributed by atoms with Crippen molar-refractivity contribution in [3.05, 3.63) is 41.3 Å². The fourth-order valence-electron chi connectivity index (χ4n) is 3.08. The van der Waals surface area contributed by atoms with Crippen LogP contribution in [-0.2, 0) is 6.54 Å². The minimum absolute atomic E-state index is 0.00992. The van der Waals surface area contributed by atoms with Crippen LogP contribution < -0.4 is 4.90 Å². The second-order valence-corrected chi connectivity index (χ2v) is 6.27. The van der Waals surface area contributed by atoms with Crippen LogP contribution in [0, 0.1) is 6.92 Å². The van der Waals surface area contributed by atoms with Crippen LogP contribution in [0.3, 0.4) is 0 Å². The number of alkyl halides is 1.